The van der Waals surface area contributed by atoms with Crippen LogP contribution in [0.5, 0.6) is 0 Å². The monoisotopic (exact) mass is 373 g/mol. The molecule has 0 aliphatic carbocycles. The number of amides is 1. The molecule has 0 saturated carbocycles. The van der Waals surface area contributed by atoms with Gasteiger partial charge in [0.25, 0.3) is 5.91 Å². The van der Waals surface area contributed by atoms with Crippen LogP contribution in [0.3, 0.4) is 0 Å². The lowest BCUT2D eigenvalue weighted by atomic mass is 10.1. The number of hydrogen-bond acceptors (Lipinski definition) is 4. The molecule has 2 aromatic carbocycles. The summed E-state index contributed by atoms with van der Waals surface area (Å²) in [5.74, 6) is -0.0761. The summed E-state index contributed by atoms with van der Waals surface area (Å²) in [5, 5.41) is 3.23. The van der Waals surface area contributed by atoms with Gasteiger partial charge in [-0.05, 0) is 68.8 Å². The van der Waals surface area contributed by atoms with Gasteiger partial charge in [0.1, 0.15) is 0 Å². The Morgan fingerprint density at radius 1 is 0.964 bits per heavy atom. The zero-order valence-electron chi connectivity index (χ0n) is 16.3. The van der Waals surface area contributed by atoms with Gasteiger partial charge in [-0.1, -0.05) is 12.1 Å². The predicted octanol–water partition coefficient (Wildman–Crippen LogP) is 5.00. The maximum Gasteiger partial charge on any atom is 0.259 e. The summed E-state index contributed by atoms with van der Waals surface area (Å²) < 4.78 is 0. The molecule has 1 aromatic heterocycles. The summed E-state index contributed by atoms with van der Waals surface area (Å²) in [5.41, 5.74) is 4.67. The van der Waals surface area contributed by atoms with Crippen LogP contribution in [0, 0.1) is 6.92 Å². The topological polar surface area (TPSA) is 62.3 Å². The molecule has 28 heavy (non-hydrogen) atoms. The van der Waals surface area contributed by atoms with Gasteiger partial charge in [0.15, 0.2) is 5.78 Å². The van der Waals surface area contributed by atoms with Crippen LogP contribution in [0.15, 0.2) is 67.0 Å². The van der Waals surface area contributed by atoms with Crippen LogP contribution in [0.25, 0.3) is 0 Å². The highest BCUT2D eigenvalue weighted by molar-refractivity contribution is 6.06. The molecule has 1 N–H and O–H groups in total. The van der Waals surface area contributed by atoms with Crippen molar-refractivity contribution in [2.45, 2.75) is 20.8 Å². The lowest BCUT2D eigenvalue weighted by molar-refractivity contribution is 0.0985. The van der Waals surface area contributed by atoms with E-state index in [1.54, 1.807) is 35.5 Å². The van der Waals surface area contributed by atoms with Crippen molar-refractivity contribution >= 4 is 28.8 Å². The van der Waals surface area contributed by atoms with Crippen molar-refractivity contribution in [3.05, 3.63) is 83.7 Å². The average Bonchev–Trinajstić information content (AvgIpc) is 2.69. The Hall–Kier alpha value is -3.47. The molecule has 0 aliphatic heterocycles. The Morgan fingerprint density at radius 2 is 1.71 bits per heavy atom. The normalized spacial score (nSPS) is 10.4. The van der Waals surface area contributed by atoms with Crippen LogP contribution in [0.4, 0.5) is 17.1 Å². The highest BCUT2D eigenvalue weighted by Crippen LogP contribution is 2.21. The number of rotatable bonds is 6. The largest absolute Gasteiger partial charge is 0.354 e. The van der Waals surface area contributed by atoms with E-state index >= 15 is 0 Å². The van der Waals surface area contributed by atoms with Crippen LogP contribution in [-0.4, -0.2) is 23.2 Å². The summed E-state index contributed by atoms with van der Waals surface area (Å²) in [7, 11) is 0. The number of carbonyl (C=O) groups is 2. The molecule has 0 saturated heterocycles. The molecule has 142 valence electrons. The van der Waals surface area contributed by atoms with Gasteiger partial charge in [0, 0.05) is 29.7 Å². The maximum absolute atomic E-state index is 13.0. The van der Waals surface area contributed by atoms with Gasteiger partial charge in [0.05, 0.1) is 17.4 Å². The first-order valence-electron chi connectivity index (χ1n) is 9.19. The third kappa shape index (κ3) is 4.43. The van der Waals surface area contributed by atoms with Crippen molar-refractivity contribution in [3.63, 3.8) is 0 Å². The Morgan fingerprint density at radius 3 is 2.36 bits per heavy atom. The average molecular weight is 373 g/mol. The van der Waals surface area contributed by atoms with Gasteiger partial charge in [-0.2, -0.15) is 0 Å². The summed E-state index contributed by atoms with van der Waals surface area (Å²) in [6.07, 6.45) is 3.24. The van der Waals surface area contributed by atoms with Crippen LogP contribution in [0.1, 0.15) is 40.1 Å². The van der Waals surface area contributed by atoms with E-state index in [0.717, 1.165) is 16.9 Å². The third-order valence-corrected chi connectivity index (χ3v) is 4.44. The van der Waals surface area contributed by atoms with Crippen molar-refractivity contribution in [1.82, 2.24) is 4.98 Å². The third-order valence-electron chi connectivity index (χ3n) is 4.44. The van der Waals surface area contributed by atoms with Crippen LogP contribution in [-0.2, 0) is 0 Å². The molecule has 3 rings (SSSR count). The van der Waals surface area contributed by atoms with Gasteiger partial charge in [-0.25, -0.2) is 0 Å². The minimum absolute atomic E-state index is 0.0246. The van der Waals surface area contributed by atoms with E-state index in [1.165, 1.54) is 6.92 Å². The van der Waals surface area contributed by atoms with E-state index in [9.17, 15) is 9.59 Å². The van der Waals surface area contributed by atoms with E-state index in [2.05, 4.69) is 10.3 Å². The maximum atomic E-state index is 13.0. The van der Waals surface area contributed by atoms with Crippen LogP contribution in [0.2, 0.25) is 0 Å². The Bertz CT molecular complexity index is 997. The fraction of sp³-hybridized carbons (Fsp3) is 0.174. The number of Topliss-reactive ketones (excluding diaryl/α,β-unsaturated/α-hetero) is 1. The number of nitrogens with zero attached hydrogens (tertiary/aromatic N) is 2. The van der Waals surface area contributed by atoms with Gasteiger partial charge in [0.2, 0.25) is 0 Å². The van der Waals surface area contributed by atoms with Crippen molar-refractivity contribution in [2.24, 2.45) is 0 Å². The zero-order valence-corrected chi connectivity index (χ0v) is 16.3. The van der Waals surface area contributed by atoms with E-state index < -0.39 is 0 Å². The lowest BCUT2D eigenvalue weighted by Crippen LogP contribution is -2.30. The Labute approximate surface area is 165 Å². The van der Waals surface area contributed by atoms with Crippen molar-refractivity contribution in [2.75, 3.05) is 16.8 Å². The highest BCUT2D eigenvalue weighted by atomic mass is 16.2. The molecule has 0 spiro atoms. The molecule has 0 unspecified atom stereocenters. The van der Waals surface area contributed by atoms with Crippen molar-refractivity contribution < 1.29 is 9.59 Å². The molecule has 5 heteroatoms. The second-order valence-electron chi connectivity index (χ2n) is 6.61. The Balaban J connectivity index is 1.81. The molecule has 1 heterocycles. The number of carbonyl (C=O) groups excluding carboxylic acids is 2. The quantitative estimate of drug-likeness (QED) is 0.618. The standard InChI is InChI=1S/C23H23N3O2/c1-4-26(22-7-5-6-16(2)12-22)23(28)19-13-21(15-24-14-19)25-20-10-8-18(9-11-20)17(3)27/h5-15,25H,4H2,1-3H3. The smallest absolute Gasteiger partial charge is 0.259 e. The van der Waals surface area contributed by atoms with Crippen molar-refractivity contribution in [3.8, 4) is 0 Å². The number of aromatic nitrogens is 1. The van der Waals surface area contributed by atoms with E-state index in [0.29, 0.717) is 23.4 Å². The molecule has 1 amide bonds. The summed E-state index contributed by atoms with van der Waals surface area (Å²) in [6, 6.07) is 16.9. The number of benzene rings is 2. The zero-order chi connectivity index (χ0) is 20.1. The molecular formula is C23H23N3O2. The second kappa shape index (κ2) is 8.48. The highest BCUT2D eigenvalue weighted by Gasteiger charge is 2.17. The summed E-state index contributed by atoms with van der Waals surface area (Å²) in [4.78, 5) is 30.4. The number of nitrogens with one attached hydrogen (secondary N) is 1. The van der Waals surface area contributed by atoms with Crippen LogP contribution < -0.4 is 10.2 Å². The molecule has 0 atom stereocenters. The number of aryl methyl sites for hydroxylation is 1. The predicted molar refractivity (Wildman–Crippen MR) is 112 cm³/mol. The molecule has 3 aromatic rings. The van der Waals surface area contributed by atoms with Gasteiger partial charge >= 0.3 is 0 Å². The molecule has 0 aliphatic rings. The van der Waals surface area contributed by atoms with Crippen LogP contribution >= 0.6 is 0 Å². The van der Waals surface area contributed by atoms with Crippen molar-refractivity contribution in [1.29, 1.82) is 0 Å². The first kappa shape index (κ1) is 19.3. The Kier molecular flexibility index (Phi) is 5.84. The number of hydrogen-bond donors (Lipinski definition) is 1. The SMILES string of the molecule is CCN(C(=O)c1cncc(Nc2ccc(C(C)=O)cc2)c1)c1cccc(C)c1. The molecule has 5 nitrogen and oxygen atoms in total. The van der Waals surface area contributed by atoms with Gasteiger partial charge < -0.3 is 10.2 Å². The van der Waals surface area contributed by atoms with Gasteiger partial charge in [-0.15, -0.1) is 0 Å². The minimum atomic E-state index is -0.101. The van der Waals surface area contributed by atoms with E-state index in [4.69, 9.17) is 0 Å². The fourth-order valence-electron chi connectivity index (χ4n) is 2.98. The molecule has 0 bridgehead atoms. The second-order valence-corrected chi connectivity index (χ2v) is 6.61. The summed E-state index contributed by atoms with van der Waals surface area (Å²) in [6.45, 7) is 6.05. The van der Waals surface area contributed by atoms with E-state index in [-0.39, 0.29) is 11.7 Å². The first-order chi connectivity index (χ1) is 13.5. The fourth-order valence-corrected chi connectivity index (χ4v) is 2.98. The number of anilines is 3. The lowest BCUT2D eigenvalue weighted by Gasteiger charge is -2.21. The first-order valence-corrected chi connectivity index (χ1v) is 9.19. The van der Waals surface area contributed by atoms with E-state index in [1.807, 2.05) is 50.2 Å². The van der Waals surface area contributed by atoms with Gasteiger partial charge in [-0.3, -0.25) is 14.6 Å². The summed E-state index contributed by atoms with van der Waals surface area (Å²) >= 11 is 0. The minimum Gasteiger partial charge on any atom is -0.354 e. The molecular weight excluding hydrogens is 350 g/mol. The number of ketones is 1. The molecule has 0 fully saturated rings. The number of pyridine rings is 1. The molecule has 0 radical (unpaired) electrons.